The number of amides is 1. The summed E-state index contributed by atoms with van der Waals surface area (Å²) in [5, 5.41) is 2.96. The van der Waals surface area contributed by atoms with E-state index in [0.717, 1.165) is 53.5 Å². The van der Waals surface area contributed by atoms with Crippen LogP contribution in [0.1, 0.15) is 5.56 Å². The predicted octanol–water partition coefficient (Wildman–Crippen LogP) is 4.13. The van der Waals surface area contributed by atoms with E-state index < -0.39 is 0 Å². The lowest BCUT2D eigenvalue weighted by Crippen LogP contribution is -2.36. The van der Waals surface area contributed by atoms with Crippen molar-refractivity contribution in [1.82, 2.24) is 0 Å². The molecule has 1 N–H and O–H groups in total. The SMILES string of the molecule is O=C(CSC1=Nc2ccccc2CS1)Nc1ccc(N2CCOCC2)cc1. The largest absolute Gasteiger partial charge is 0.378 e. The molecule has 0 spiro atoms. The summed E-state index contributed by atoms with van der Waals surface area (Å²) in [6.07, 6.45) is 0. The number of carbonyl (C=O) groups excluding carboxylic acids is 1. The van der Waals surface area contributed by atoms with Crippen molar-refractivity contribution in [3.8, 4) is 0 Å². The standard InChI is InChI=1S/C20H21N3O2S2/c24-19(14-27-20-22-18-4-2-1-3-15(18)13-26-20)21-16-5-7-17(8-6-16)23-9-11-25-12-10-23/h1-8H,9-14H2,(H,21,24). The van der Waals surface area contributed by atoms with Crippen LogP contribution in [0, 0.1) is 0 Å². The van der Waals surface area contributed by atoms with Gasteiger partial charge in [0.1, 0.15) is 4.38 Å². The van der Waals surface area contributed by atoms with Crippen LogP contribution in [0.2, 0.25) is 0 Å². The number of ether oxygens (including phenoxy) is 1. The van der Waals surface area contributed by atoms with Crippen LogP contribution >= 0.6 is 23.5 Å². The minimum absolute atomic E-state index is 0.0127. The quantitative estimate of drug-likeness (QED) is 0.838. The zero-order valence-electron chi connectivity index (χ0n) is 14.9. The molecule has 1 saturated heterocycles. The molecule has 2 heterocycles. The van der Waals surface area contributed by atoms with Gasteiger partial charge in [0.05, 0.1) is 24.7 Å². The van der Waals surface area contributed by atoms with Gasteiger partial charge < -0.3 is 15.0 Å². The molecule has 140 valence electrons. The summed E-state index contributed by atoms with van der Waals surface area (Å²) in [6.45, 7) is 3.35. The number of anilines is 2. The summed E-state index contributed by atoms with van der Waals surface area (Å²) in [4.78, 5) is 19.2. The highest BCUT2D eigenvalue weighted by molar-refractivity contribution is 8.38. The number of thioether (sulfide) groups is 2. The number of nitrogens with one attached hydrogen (secondary N) is 1. The van der Waals surface area contributed by atoms with E-state index in [-0.39, 0.29) is 5.91 Å². The molecule has 2 aromatic rings. The molecule has 0 aromatic heterocycles. The van der Waals surface area contributed by atoms with Gasteiger partial charge in [-0.25, -0.2) is 4.99 Å². The molecule has 1 fully saturated rings. The Morgan fingerprint density at radius 2 is 1.93 bits per heavy atom. The van der Waals surface area contributed by atoms with Gasteiger partial charge in [-0.3, -0.25) is 4.79 Å². The van der Waals surface area contributed by atoms with E-state index in [1.165, 1.54) is 17.3 Å². The summed E-state index contributed by atoms with van der Waals surface area (Å²) in [6, 6.07) is 16.1. The Morgan fingerprint density at radius 3 is 2.74 bits per heavy atom. The Balaban J connectivity index is 1.29. The van der Waals surface area contributed by atoms with Gasteiger partial charge in [-0.1, -0.05) is 41.7 Å². The smallest absolute Gasteiger partial charge is 0.234 e. The summed E-state index contributed by atoms with van der Waals surface area (Å²) in [7, 11) is 0. The van der Waals surface area contributed by atoms with E-state index in [9.17, 15) is 4.79 Å². The van der Waals surface area contributed by atoms with Crippen LogP contribution < -0.4 is 10.2 Å². The molecule has 0 atom stereocenters. The molecule has 2 aromatic carbocycles. The van der Waals surface area contributed by atoms with Crippen molar-refractivity contribution in [2.24, 2.45) is 4.99 Å². The second-order valence-electron chi connectivity index (χ2n) is 6.28. The van der Waals surface area contributed by atoms with Gasteiger partial charge in [0, 0.05) is 30.2 Å². The maximum absolute atomic E-state index is 12.3. The van der Waals surface area contributed by atoms with Gasteiger partial charge in [-0.15, -0.1) is 0 Å². The van der Waals surface area contributed by atoms with E-state index in [1.54, 1.807) is 11.8 Å². The number of carbonyl (C=O) groups is 1. The van der Waals surface area contributed by atoms with Crippen molar-refractivity contribution in [1.29, 1.82) is 0 Å². The lowest BCUT2D eigenvalue weighted by molar-refractivity contribution is -0.113. The molecule has 0 saturated carbocycles. The fourth-order valence-corrected chi connectivity index (χ4v) is 4.85. The van der Waals surface area contributed by atoms with Crippen LogP contribution in [0.3, 0.4) is 0 Å². The first-order valence-electron chi connectivity index (χ1n) is 8.93. The maximum atomic E-state index is 12.3. The normalized spacial score (nSPS) is 16.4. The third kappa shape index (κ3) is 4.86. The Labute approximate surface area is 167 Å². The van der Waals surface area contributed by atoms with Crippen molar-refractivity contribution >= 4 is 50.9 Å². The van der Waals surface area contributed by atoms with Gasteiger partial charge in [-0.2, -0.15) is 0 Å². The van der Waals surface area contributed by atoms with Crippen LogP contribution in [0.4, 0.5) is 17.1 Å². The van der Waals surface area contributed by atoms with Crippen molar-refractivity contribution in [3.05, 3.63) is 54.1 Å². The fraction of sp³-hybridized carbons (Fsp3) is 0.300. The lowest BCUT2D eigenvalue weighted by atomic mass is 10.2. The van der Waals surface area contributed by atoms with Crippen LogP contribution in [-0.2, 0) is 15.3 Å². The van der Waals surface area contributed by atoms with Crippen LogP contribution in [0.5, 0.6) is 0 Å². The van der Waals surface area contributed by atoms with Gasteiger partial charge in [0.25, 0.3) is 0 Å². The van der Waals surface area contributed by atoms with Gasteiger partial charge >= 0.3 is 0 Å². The third-order valence-electron chi connectivity index (χ3n) is 4.41. The molecular formula is C20H21N3O2S2. The molecule has 1 amide bonds. The Bertz CT molecular complexity index is 833. The first-order chi connectivity index (χ1) is 13.3. The number of fused-ring (bicyclic) bond motifs is 1. The number of nitrogens with zero attached hydrogens (tertiary/aromatic N) is 2. The fourth-order valence-electron chi connectivity index (χ4n) is 2.99. The first-order valence-corrected chi connectivity index (χ1v) is 10.9. The number of aliphatic imine (C=N–C) groups is 1. The minimum Gasteiger partial charge on any atom is -0.378 e. The van der Waals surface area contributed by atoms with Crippen molar-refractivity contribution < 1.29 is 9.53 Å². The van der Waals surface area contributed by atoms with E-state index in [2.05, 4.69) is 21.3 Å². The number of hydrogen-bond donors (Lipinski definition) is 1. The molecule has 0 bridgehead atoms. The minimum atomic E-state index is -0.0127. The summed E-state index contributed by atoms with van der Waals surface area (Å²) >= 11 is 3.18. The zero-order chi connectivity index (χ0) is 18.5. The highest BCUT2D eigenvalue weighted by atomic mass is 32.2. The second kappa shape index (κ2) is 8.82. The van der Waals surface area contributed by atoms with Gasteiger partial charge in [0.2, 0.25) is 5.91 Å². The van der Waals surface area contributed by atoms with Crippen LogP contribution in [-0.4, -0.2) is 42.3 Å². The van der Waals surface area contributed by atoms with Crippen LogP contribution in [0.25, 0.3) is 0 Å². The lowest BCUT2D eigenvalue weighted by Gasteiger charge is -2.28. The molecule has 2 aliphatic rings. The molecule has 0 radical (unpaired) electrons. The summed E-state index contributed by atoms with van der Waals surface area (Å²) < 4.78 is 6.33. The molecule has 5 nitrogen and oxygen atoms in total. The number of rotatable bonds is 4. The molecule has 0 unspecified atom stereocenters. The topological polar surface area (TPSA) is 53.9 Å². The van der Waals surface area contributed by atoms with Crippen molar-refractivity contribution in [3.63, 3.8) is 0 Å². The summed E-state index contributed by atoms with van der Waals surface area (Å²) in [5.74, 6) is 1.26. The second-order valence-corrected chi connectivity index (χ2v) is 8.46. The van der Waals surface area contributed by atoms with Crippen LogP contribution in [0.15, 0.2) is 53.5 Å². The highest BCUT2D eigenvalue weighted by Gasteiger charge is 2.15. The third-order valence-corrected chi connectivity index (χ3v) is 6.65. The van der Waals surface area contributed by atoms with E-state index >= 15 is 0 Å². The summed E-state index contributed by atoms with van der Waals surface area (Å²) in [5.41, 5.74) is 4.24. The number of benzene rings is 2. The first kappa shape index (κ1) is 18.4. The highest BCUT2D eigenvalue weighted by Crippen LogP contribution is 2.34. The molecule has 7 heteroatoms. The van der Waals surface area contributed by atoms with Crippen molar-refractivity contribution in [2.75, 3.05) is 42.3 Å². The molecule has 2 aliphatic heterocycles. The Morgan fingerprint density at radius 1 is 1.15 bits per heavy atom. The predicted molar refractivity (Wildman–Crippen MR) is 115 cm³/mol. The molecular weight excluding hydrogens is 378 g/mol. The average Bonchev–Trinajstić information content (AvgIpc) is 2.73. The maximum Gasteiger partial charge on any atom is 0.234 e. The van der Waals surface area contributed by atoms with Gasteiger partial charge in [-0.05, 0) is 35.9 Å². The van der Waals surface area contributed by atoms with E-state index in [1.807, 2.05) is 42.5 Å². The Hall–Kier alpha value is -1.96. The van der Waals surface area contributed by atoms with Crippen molar-refractivity contribution in [2.45, 2.75) is 5.75 Å². The monoisotopic (exact) mass is 399 g/mol. The average molecular weight is 400 g/mol. The number of hydrogen-bond acceptors (Lipinski definition) is 6. The molecule has 27 heavy (non-hydrogen) atoms. The van der Waals surface area contributed by atoms with E-state index in [4.69, 9.17) is 4.74 Å². The van der Waals surface area contributed by atoms with Gasteiger partial charge in [0.15, 0.2) is 0 Å². The molecule has 0 aliphatic carbocycles. The Kier molecular flexibility index (Phi) is 6.01. The van der Waals surface area contributed by atoms with E-state index in [0.29, 0.717) is 5.75 Å². The number of para-hydroxylation sites is 1. The number of morpholine rings is 1. The zero-order valence-corrected chi connectivity index (χ0v) is 16.5. The molecule has 4 rings (SSSR count).